The van der Waals surface area contributed by atoms with Crippen LogP contribution in [0.25, 0.3) is 0 Å². The molecule has 24 heavy (non-hydrogen) atoms. The van der Waals surface area contributed by atoms with Crippen molar-refractivity contribution in [3.05, 3.63) is 70.8 Å². The number of carbonyl (C=O) groups excluding carboxylic acids is 1. The fraction of sp³-hybridized carbons (Fsp3) is 0.381. The Bertz CT molecular complexity index is 681. The van der Waals surface area contributed by atoms with Crippen molar-refractivity contribution in [1.82, 2.24) is 10.6 Å². The minimum absolute atomic E-state index is 0.0373. The Hall–Kier alpha value is -2.13. The zero-order valence-electron chi connectivity index (χ0n) is 14.3. The summed E-state index contributed by atoms with van der Waals surface area (Å²) in [5.74, 6) is 0.489. The molecule has 0 aliphatic carbocycles. The number of amides is 1. The van der Waals surface area contributed by atoms with Crippen molar-refractivity contribution in [3.8, 4) is 0 Å². The molecule has 1 aliphatic heterocycles. The molecule has 0 unspecified atom stereocenters. The fourth-order valence-corrected chi connectivity index (χ4v) is 3.32. The molecule has 3 nitrogen and oxygen atoms in total. The Morgan fingerprint density at radius 3 is 2.88 bits per heavy atom. The van der Waals surface area contributed by atoms with Crippen molar-refractivity contribution >= 4 is 5.91 Å². The molecule has 2 N–H and O–H groups in total. The lowest BCUT2D eigenvalue weighted by atomic mass is 9.93. The number of fused-ring (bicyclic) bond motifs is 1. The lowest BCUT2D eigenvalue weighted by Gasteiger charge is -2.14. The molecule has 2 aromatic rings. The highest BCUT2D eigenvalue weighted by molar-refractivity contribution is 5.94. The quantitative estimate of drug-likeness (QED) is 0.829. The fourth-order valence-electron chi connectivity index (χ4n) is 3.32. The number of nitrogens with one attached hydrogen (secondary N) is 2. The highest BCUT2D eigenvalue weighted by Gasteiger charge is 2.16. The highest BCUT2D eigenvalue weighted by Crippen LogP contribution is 2.23. The van der Waals surface area contributed by atoms with Crippen LogP contribution >= 0.6 is 0 Å². The first-order valence-electron chi connectivity index (χ1n) is 8.89. The van der Waals surface area contributed by atoms with Gasteiger partial charge in [0.1, 0.15) is 0 Å². The molecule has 1 heterocycles. The number of hydrogen-bond acceptors (Lipinski definition) is 2. The first-order chi connectivity index (χ1) is 11.7. The van der Waals surface area contributed by atoms with E-state index in [0.717, 1.165) is 37.9 Å². The van der Waals surface area contributed by atoms with Gasteiger partial charge in [-0.3, -0.25) is 4.79 Å². The first kappa shape index (κ1) is 16.7. The SMILES string of the molecule is C[C@@H]1CNCCc2ccc(C(=O)NCCCc3ccccc3)cc21. The van der Waals surface area contributed by atoms with E-state index in [0.29, 0.717) is 12.5 Å². The van der Waals surface area contributed by atoms with Crippen molar-refractivity contribution in [1.29, 1.82) is 0 Å². The standard InChI is InChI=1S/C21H26N2O/c1-16-15-22-13-11-18-9-10-19(14-20(16)18)21(24)23-12-5-8-17-6-3-2-4-7-17/h2-4,6-7,9-10,14,16,22H,5,8,11-13,15H2,1H3,(H,23,24)/t16-/m1/s1. The second-order valence-electron chi connectivity index (χ2n) is 6.61. The Morgan fingerprint density at radius 1 is 1.21 bits per heavy atom. The molecule has 2 aromatic carbocycles. The molecule has 1 atom stereocenters. The van der Waals surface area contributed by atoms with Crippen molar-refractivity contribution in [2.45, 2.75) is 32.1 Å². The van der Waals surface area contributed by atoms with E-state index < -0.39 is 0 Å². The van der Waals surface area contributed by atoms with E-state index in [1.807, 2.05) is 12.1 Å². The number of hydrogen-bond donors (Lipinski definition) is 2. The average Bonchev–Trinajstić information content (AvgIpc) is 2.81. The Morgan fingerprint density at radius 2 is 2.04 bits per heavy atom. The molecule has 126 valence electrons. The summed E-state index contributed by atoms with van der Waals surface area (Å²) in [6, 6.07) is 16.6. The van der Waals surface area contributed by atoms with Crippen molar-refractivity contribution in [2.75, 3.05) is 19.6 Å². The van der Waals surface area contributed by atoms with Gasteiger partial charge in [0.05, 0.1) is 0 Å². The van der Waals surface area contributed by atoms with Crippen molar-refractivity contribution in [3.63, 3.8) is 0 Å². The minimum atomic E-state index is 0.0373. The van der Waals surface area contributed by atoms with Crippen LogP contribution in [0.4, 0.5) is 0 Å². The van der Waals surface area contributed by atoms with Crippen LogP contribution in [0.3, 0.4) is 0 Å². The summed E-state index contributed by atoms with van der Waals surface area (Å²) in [4.78, 5) is 12.4. The second-order valence-corrected chi connectivity index (χ2v) is 6.61. The molecule has 0 radical (unpaired) electrons. The summed E-state index contributed by atoms with van der Waals surface area (Å²) in [6.45, 7) is 4.93. The molecule has 0 fully saturated rings. The largest absolute Gasteiger partial charge is 0.352 e. The summed E-state index contributed by atoms with van der Waals surface area (Å²) in [7, 11) is 0. The van der Waals surface area contributed by atoms with Gasteiger partial charge in [-0.2, -0.15) is 0 Å². The van der Waals surface area contributed by atoms with Gasteiger partial charge in [-0.05, 0) is 60.5 Å². The van der Waals surface area contributed by atoms with Gasteiger partial charge >= 0.3 is 0 Å². The summed E-state index contributed by atoms with van der Waals surface area (Å²) < 4.78 is 0. The normalized spacial score (nSPS) is 17.0. The summed E-state index contributed by atoms with van der Waals surface area (Å²) in [6.07, 6.45) is 2.99. The molecule has 3 rings (SSSR count). The zero-order chi connectivity index (χ0) is 16.8. The number of benzene rings is 2. The van der Waals surface area contributed by atoms with Crippen LogP contribution in [0, 0.1) is 0 Å². The highest BCUT2D eigenvalue weighted by atomic mass is 16.1. The van der Waals surface area contributed by atoms with E-state index >= 15 is 0 Å². The van der Waals surface area contributed by atoms with E-state index in [1.54, 1.807) is 0 Å². The average molecular weight is 322 g/mol. The Kier molecular flexibility index (Phi) is 5.65. The van der Waals surface area contributed by atoms with Gasteiger partial charge in [0.25, 0.3) is 5.91 Å². The van der Waals surface area contributed by atoms with E-state index in [9.17, 15) is 4.79 Å². The van der Waals surface area contributed by atoms with E-state index in [1.165, 1.54) is 16.7 Å². The zero-order valence-corrected chi connectivity index (χ0v) is 14.3. The second kappa shape index (κ2) is 8.11. The molecule has 0 spiro atoms. The third-order valence-corrected chi connectivity index (χ3v) is 4.73. The maximum atomic E-state index is 12.4. The molecular formula is C21H26N2O. The van der Waals surface area contributed by atoms with Crippen LogP contribution in [-0.4, -0.2) is 25.5 Å². The monoisotopic (exact) mass is 322 g/mol. The molecular weight excluding hydrogens is 296 g/mol. The van der Waals surface area contributed by atoms with E-state index in [4.69, 9.17) is 0 Å². The molecule has 1 amide bonds. The number of carbonyl (C=O) groups is 1. The van der Waals surface area contributed by atoms with E-state index in [-0.39, 0.29) is 5.91 Å². The van der Waals surface area contributed by atoms with Gasteiger partial charge in [-0.1, -0.05) is 43.3 Å². The topological polar surface area (TPSA) is 41.1 Å². The van der Waals surface area contributed by atoms with Gasteiger partial charge in [-0.15, -0.1) is 0 Å². The molecule has 1 aliphatic rings. The van der Waals surface area contributed by atoms with Crippen LogP contribution in [0.1, 0.15) is 46.3 Å². The lowest BCUT2D eigenvalue weighted by Crippen LogP contribution is -2.25. The van der Waals surface area contributed by atoms with Gasteiger partial charge in [0.15, 0.2) is 0 Å². The molecule has 0 bridgehead atoms. The summed E-state index contributed by atoms with van der Waals surface area (Å²) in [5.41, 5.74) is 4.78. The van der Waals surface area contributed by atoms with Crippen molar-refractivity contribution in [2.24, 2.45) is 0 Å². The molecule has 3 heteroatoms. The van der Waals surface area contributed by atoms with Crippen LogP contribution in [-0.2, 0) is 12.8 Å². The third kappa shape index (κ3) is 4.24. The maximum absolute atomic E-state index is 12.4. The molecule has 0 aromatic heterocycles. The summed E-state index contributed by atoms with van der Waals surface area (Å²) in [5, 5.41) is 6.50. The first-order valence-corrected chi connectivity index (χ1v) is 8.89. The number of rotatable bonds is 5. The van der Waals surface area contributed by atoms with Crippen LogP contribution in [0.15, 0.2) is 48.5 Å². The summed E-state index contributed by atoms with van der Waals surface area (Å²) >= 11 is 0. The third-order valence-electron chi connectivity index (χ3n) is 4.73. The number of aryl methyl sites for hydroxylation is 1. The molecule has 0 saturated heterocycles. The smallest absolute Gasteiger partial charge is 0.251 e. The predicted molar refractivity (Wildman–Crippen MR) is 98.5 cm³/mol. The lowest BCUT2D eigenvalue weighted by molar-refractivity contribution is 0.0953. The van der Waals surface area contributed by atoms with Crippen molar-refractivity contribution < 1.29 is 4.79 Å². The molecule has 0 saturated carbocycles. The van der Waals surface area contributed by atoms with Crippen LogP contribution < -0.4 is 10.6 Å². The predicted octanol–water partition coefficient (Wildman–Crippen LogP) is 3.30. The minimum Gasteiger partial charge on any atom is -0.352 e. The van der Waals surface area contributed by atoms with Crippen LogP contribution in [0.5, 0.6) is 0 Å². The Labute approximate surface area is 144 Å². The van der Waals surface area contributed by atoms with Gasteiger partial charge < -0.3 is 10.6 Å². The van der Waals surface area contributed by atoms with Crippen LogP contribution in [0.2, 0.25) is 0 Å². The van der Waals surface area contributed by atoms with E-state index in [2.05, 4.69) is 54.0 Å². The van der Waals surface area contributed by atoms with Gasteiger partial charge in [0.2, 0.25) is 0 Å². The maximum Gasteiger partial charge on any atom is 0.251 e. The Balaban J connectivity index is 1.55. The van der Waals surface area contributed by atoms with Gasteiger partial charge in [0, 0.05) is 18.7 Å². The van der Waals surface area contributed by atoms with Gasteiger partial charge in [-0.25, -0.2) is 0 Å².